The lowest BCUT2D eigenvalue weighted by Gasteiger charge is -2.18. The third-order valence-corrected chi connectivity index (χ3v) is 2.96. The van der Waals surface area contributed by atoms with E-state index in [2.05, 4.69) is 23.1 Å². The topological polar surface area (TPSA) is 32.5 Å². The van der Waals surface area contributed by atoms with Gasteiger partial charge >= 0.3 is 0 Å². The monoisotopic (exact) mass is 221 g/mol. The molecule has 0 aliphatic carbocycles. The molecule has 15 heavy (non-hydrogen) atoms. The quantitative estimate of drug-likeness (QED) is 0.726. The van der Waals surface area contributed by atoms with Gasteiger partial charge in [-0.2, -0.15) is 0 Å². The van der Waals surface area contributed by atoms with E-state index in [9.17, 15) is 0 Å². The first kappa shape index (κ1) is 10.2. The molecule has 2 N–H and O–H groups in total. The molecule has 0 saturated heterocycles. The number of nitrogens with two attached hydrogens (primary N) is 1. The average molecular weight is 221 g/mol. The van der Waals surface area contributed by atoms with Crippen molar-refractivity contribution in [2.45, 2.75) is 6.42 Å². The predicted molar refractivity (Wildman–Crippen MR) is 68.6 cm³/mol. The number of fused-ring (bicyclic) bond motifs is 1. The second-order valence-electron chi connectivity index (χ2n) is 3.95. The second-order valence-corrected chi connectivity index (χ2v) is 4.37. The van der Waals surface area contributed by atoms with E-state index in [0.29, 0.717) is 5.11 Å². The van der Waals surface area contributed by atoms with Gasteiger partial charge in [-0.15, -0.1) is 0 Å². The van der Waals surface area contributed by atoms with Crippen LogP contribution >= 0.6 is 12.2 Å². The summed E-state index contributed by atoms with van der Waals surface area (Å²) in [6, 6.07) is 6.39. The molecule has 0 spiro atoms. The molecular formula is C11H15N3S. The van der Waals surface area contributed by atoms with Crippen LogP contribution in [0.5, 0.6) is 0 Å². The van der Waals surface area contributed by atoms with E-state index in [0.717, 1.165) is 18.7 Å². The third-order valence-electron chi connectivity index (χ3n) is 2.74. The van der Waals surface area contributed by atoms with Gasteiger partial charge in [-0.3, -0.25) is 0 Å². The van der Waals surface area contributed by atoms with Crippen molar-refractivity contribution in [3.05, 3.63) is 23.8 Å². The highest BCUT2D eigenvalue weighted by molar-refractivity contribution is 7.80. The molecule has 80 valence electrons. The van der Waals surface area contributed by atoms with Crippen LogP contribution in [-0.4, -0.2) is 25.8 Å². The van der Waals surface area contributed by atoms with Crippen molar-refractivity contribution in [1.29, 1.82) is 0 Å². The Bertz CT molecular complexity index is 401. The lowest BCUT2D eigenvalue weighted by Crippen LogP contribution is -2.33. The summed E-state index contributed by atoms with van der Waals surface area (Å²) in [5, 5.41) is 0.464. The van der Waals surface area contributed by atoms with E-state index >= 15 is 0 Å². The van der Waals surface area contributed by atoms with Crippen molar-refractivity contribution >= 4 is 28.7 Å². The minimum absolute atomic E-state index is 0.464. The van der Waals surface area contributed by atoms with Gasteiger partial charge in [-0.05, 0) is 42.4 Å². The minimum atomic E-state index is 0.464. The Morgan fingerprint density at radius 1 is 1.47 bits per heavy atom. The molecule has 2 rings (SSSR count). The Hall–Kier alpha value is -1.29. The molecule has 0 unspecified atom stereocenters. The van der Waals surface area contributed by atoms with Gasteiger partial charge in [0.05, 0.1) is 0 Å². The van der Waals surface area contributed by atoms with Crippen molar-refractivity contribution in [2.24, 2.45) is 5.73 Å². The summed E-state index contributed by atoms with van der Waals surface area (Å²) < 4.78 is 0. The first-order valence-corrected chi connectivity index (χ1v) is 5.37. The van der Waals surface area contributed by atoms with Crippen LogP contribution in [0, 0.1) is 0 Å². The Morgan fingerprint density at radius 2 is 2.20 bits per heavy atom. The Balaban J connectivity index is 2.37. The Kier molecular flexibility index (Phi) is 2.52. The van der Waals surface area contributed by atoms with Crippen LogP contribution in [0.3, 0.4) is 0 Å². The molecule has 1 aromatic carbocycles. The molecule has 0 fully saturated rings. The SMILES string of the molecule is CN(C)c1ccc2c(c1)CCN2C(N)=S. The largest absolute Gasteiger partial charge is 0.378 e. The maximum absolute atomic E-state index is 5.66. The molecule has 1 heterocycles. The van der Waals surface area contributed by atoms with Crippen LogP contribution < -0.4 is 15.5 Å². The highest BCUT2D eigenvalue weighted by Crippen LogP contribution is 2.30. The number of nitrogens with zero attached hydrogens (tertiary/aromatic N) is 2. The van der Waals surface area contributed by atoms with Gasteiger partial charge < -0.3 is 15.5 Å². The van der Waals surface area contributed by atoms with Crippen molar-refractivity contribution in [3.8, 4) is 0 Å². The summed E-state index contributed by atoms with van der Waals surface area (Å²) in [6.45, 7) is 0.904. The highest BCUT2D eigenvalue weighted by atomic mass is 32.1. The highest BCUT2D eigenvalue weighted by Gasteiger charge is 2.20. The van der Waals surface area contributed by atoms with Crippen LogP contribution in [0.1, 0.15) is 5.56 Å². The fraction of sp³-hybridized carbons (Fsp3) is 0.364. The number of thiocarbonyl (C=S) groups is 1. The van der Waals surface area contributed by atoms with Gasteiger partial charge in [-0.1, -0.05) is 0 Å². The summed E-state index contributed by atoms with van der Waals surface area (Å²) in [5.41, 5.74) is 9.37. The van der Waals surface area contributed by atoms with E-state index in [1.165, 1.54) is 11.3 Å². The molecule has 4 heteroatoms. The smallest absolute Gasteiger partial charge is 0.170 e. The average Bonchev–Trinajstić information content (AvgIpc) is 2.59. The van der Waals surface area contributed by atoms with Crippen molar-refractivity contribution in [1.82, 2.24) is 0 Å². The molecule has 0 aromatic heterocycles. The van der Waals surface area contributed by atoms with Crippen molar-refractivity contribution < 1.29 is 0 Å². The van der Waals surface area contributed by atoms with Crippen LogP contribution in [0.4, 0.5) is 11.4 Å². The van der Waals surface area contributed by atoms with Gasteiger partial charge in [0, 0.05) is 32.0 Å². The van der Waals surface area contributed by atoms with Gasteiger partial charge in [0.25, 0.3) is 0 Å². The predicted octanol–water partition coefficient (Wildman–Crippen LogP) is 1.36. The summed E-state index contributed by atoms with van der Waals surface area (Å²) in [5.74, 6) is 0. The zero-order valence-corrected chi connectivity index (χ0v) is 9.84. The zero-order chi connectivity index (χ0) is 11.0. The second kappa shape index (κ2) is 3.70. The number of benzene rings is 1. The van der Waals surface area contributed by atoms with Crippen LogP contribution in [0.2, 0.25) is 0 Å². The molecular weight excluding hydrogens is 206 g/mol. The molecule has 0 bridgehead atoms. The first-order chi connectivity index (χ1) is 7.09. The molecule has 1 aliphatic rings. The Morgan fingerprint density at radius 3 is 2.80 bits per heavy atom. The Labute approximate surface area is 95.5 Å². The fourth-order valence-electron chi connectivity index (χ4n) is 1.90. The summed E-state index contributed by atoms with van der Waals surface area (Å²) >= 11 is 5.01. The van der Waals surface area contributed by atoms with Crippen molar-refractivity contribution in [3.63, 3.8) is 0 Å². The molecule has 3 nitrogen and oxygen atoms in total. The number of hydrogen-bond acceptors (Lipinski definition) is 2. The number of rotatable bonds is 1. The van der Waals surface area contributed by atoms with Gasteiger partial charge in [-0.25, -0.2) is 0 Å². The molecule has 0 radical (unpaired) electrons. The first-order valence-electron chi connectivity index (χ1n) is 4.97. The molecule has 1 aliphatic heterocycles. The number of hydrogen-bond donors (Lipinski definition) is 1. The normalized spacial score (nSPS) is 13.9. The van der Waals surface area contributed by atoms with E-state index < -0.39 is 0 Å². The van der Waals surface area contributed by atoms with Gasteiger partial charge in [0.15, 0.2) is 5.11 Å². The summed E-state index contributed by atoms with van der Waals surface area (Å²) in [6.07, 6.45) is 1.02. The van der Waals surface area contributed by atoms with E-state index in [4.69, 9.17) is 18.0 Å². The summed E-state index contributed by atoms with van der Waals surface area (Å²) in [4.78, 5) is 4.09. The lowest BCUT2D eigenvalue weighted by atomic mass is 10.1. The van der Waals surface area contributed by atoms with E-state index in [1.54, 1.807) is 0 Å². The van der Waals surface area contributed by atoms with Crippen LogP contribution in [0.15, 0.2) is 18.2 Å². The maximum atomic E-state index is 5.66. The summed E-state index contributed by atoms with van der Waals surface area (Å²) in [7, 11) is 4.09. The van der Waals surface area contributed by atoms with E-state index in [1.807, 2.05) is 19.0 Å². The van der Waals surface area contributed by atoms with Gasteiger partial charge in [0.2, 0.25) is 0 Å². The van der Waals surface area contributed by atoms with Crippen LogP contribution in [0.25, 0.3) is 0 Å². The van der Waals surface area contributed by atoms with E-state index in [-0.39, 0.29) is 0 Å². The minimum Gasteiger partial charge on any atom is -0.378 e. The standard InChI is InChI=1S/C11H15N3S/c1-13(2)9-3-4-10-8(7-9)5-6-14(10)11(12)15/h3-4,7H,5-6H2,1-2H3,(H2,12,15). The number of anilines is 2. The third kappa shape index (κ3) is 1.77. The lowest BCUT2D eigenvalue weighted by molar-refractivity contribution is 1.02. The molecule has 1 aromatic rings. The van der Waals surface area contributed by atoms with Crippen LogP contribution in [-0.2, 0) is 6.42 Å². The fourth-order valence-corrected chi connectivity index (χ4v) is 2.08. The van der Waals surface area contributed by atoms with Gasteiger partial charge in [0.1, 0.15) is 0 Å². The zero-order valence-electron chi connectivity index (χ0n) is 9.03. The molecule has 0 atom stereocenters. The van der Waals surface area contributed by atoms with Crippen molar-refractivity contribution in [2.75, 3.05) is 30.4 Å². The maximum Gasteiger partial charge on any atom is 0.170 e. The molecule has 0 amide bonds. The molecule has 0 saturated carbocycles.